The summed E-state index contributed by atoms with van der Waals surface area (Å²) in [4.78, 5) is 21.3. The second-order valence-corrected chi connectivity index (χ2v) is 19.7. The van der Waals surface area contributed by atoms with Crippen molar-refractivity contribution in [2.45, 2.75) is 104 Å². The van der Waals surface area contributed by atoms with Gasteiger partial charge in [-0.3, -0.25) is 9.80 Å². The van der Waals surface area contributed by atoms with Gasteiger partial charge in [-0.25, -0.2) is 9.97 Å². The van der Waals surface area contributed by atoms with E-state index in [0.717, 1.165) is 118 Å². The van der Waals surface area contributed by atoms with Crippen molar-refractivity contribution in [1.29, 1.82) is 0 Å². The van der Waals surface area contributed by atoms with E-state index in [1.165, 1.54) is 0 Å². The van der Waals surface area contributed by atoms with E-state index in [0.29, 0.717) is 25.7 Å². The van der Waals surface area contributed by atoms with Crippen LogP contribution in [0.5, 0.6) is 11.5 Å². The Morgan fingerprint density at radius 2 is 1.41 bits per heavy atom. The summed E-state index contributed by atoms with van der Waals surface area (Å²) in [6.07, 6.45) is 5.87. The Balaban J connectivity index is 0.956. The molecule has 0 radical (unpaired) electrons. The average molecular weight is 919 g/mol. The SMILES string of the molecule is CC(C)C(C)C(O)N1CCCC1c1ncc(-c2ccc3c(c2)cc2n3C(c3cccc(OCCOCc4ccccc4)c3)Oc3cc(-c4cnc(C5CCCN5C(O)C(N)C(C)C)[nH]4)ccc3-2)[nH]1. The van der Waals surface area contributed by atoms with Gasteiger partial charge in [-0.2, -0.15) is 0 Å². The van der Waals surface area contributed by atoms with Crippen LogP contribution in [0.3, 0.4) is 0 Å². The van der Waals surface area contributed by atoms with Crippen LogP contribution in [0.2, 0.25) is 0 Å². The van der Waals surface area contributed by atoms with Gasteiger partial charge >= 0.3 is 0 Å². The number of hydrogen-bond donors (Lipinski definition) is 5. The molecule has 7 unspecified atom stereocenters. The van der Waals surface area contributed by atoms with Crippen LogP contribution < -0.4 is 15.2 Å². The van der Waals surface area contributed by atoms with Crippen molar-refractivity contribution in [2.75, 3.05) is 26.3 Å². The predicted molar refractivity (Wildman–Crippen MR) is 266 cm³/mol. The predicted octanol–water partition coefficient (Wildman–Crippen LogP) is 9.81. The number of nitrogens with two attached hydrogens (primary N) is 1. The molecule has 6 N–H and O–H groups in total. The summed E-state index contributed by atoms with van der Waals surface area (Å²) in [5.74, 6) is 3.89. The molecule has 6 heterocycles. The smallest absolute Gasteiger partial charge is 0.203 e. The zero-order valence-corrected chi connectivity index (χ0v) is 39.9. The lowest BCUT2D eigenvalue weighted by Gasteiger charge is -2.34. The summed E-state index contributed by atoms with van der Waals surface area (Å²) in [5, 5.41) is 23.6. The first-order chi connectivity index (χ1) is 33.0. The van der Waals surface area contributed by atoms with Crippen molar-refractivity contribution < 1.29 is 24.4 Å². The molecule has 0 aliphatic carbocycles. The second kappa shape index (κ2) is 19.7. The Morgan fingerprint density at radius 3 is 2.10 bits per heavy atom. The highest BCUT2D eigenvalue weighted by atomic mass is 16.5. The number of fused-ring (bicyclic) bond motifs is 5. The Morgan fingerprint density at radius 1 is 0.735 bits per heavy atom. The summed E-state index contributed by atoms with van der Waals surface area (Å²) in [6, 6.07) is 33.1. The van der Waals surface area contributed by atoms with Gasteiger partial charge in [-0.05, 0) is 91.5 Å². The molecule has 3 aromatic heterocycles. The molecule has 3 aliphatic rings. The fraction of sp³-hybridized carbons (Fsp3) is 0.418. The molecule has 2 fully saturated rings. The fourth-order valence-corrected chi connectivity index (χ4v) is 10.3. The zero-order chi connectivity index (χ0) is 47.1. The summed E-state index contributed by atoms with van der Waals surface area (Å²) in [7, 11) is 0. The Hall–Kier alpha value is -5.80. The van der Waals surface area contributed by atoms with Crippen LogP contribution in [0.4, 0.5) is 0 Å². The largest absolute Gasteiger partial charge is 0.491 e. The van der Waals surface area contributed by atoms with Crippen molar-refractivity contribution in [3.05, 3.63) is 132 Å². The minimum atomic E-state index is -0.747. The highest BCUT2D eigenvalue weighted by Crippen LogP contribution is 2.47. The lowest BCUT2D eigenvalue weighted by Crippen LogP contribution is -2.50. The minimum absolute atomic E-state index is 0.0404. The number of aliphatic hydroxyl groups is 2. The Bertz CT molecular complexity index is 2820. The zero-order valence-electron chi connectivity index (χ0n) is 39.9. The van der Waals surface area contributed by atoms with Gasteiger partial charge in [0.2, 0.25) is 6.23 Å². The molecule has 68 heavy (non-hydrogen) atoms. The molecular formula is C55H66N8O5. The van der Waals surface area contributed by atoms with Crippen LogP contribution >= 0.6 is 0 Å². The summed E-state index contributed by atoms with van der Waals surface area (Å²) < 4.78 is 21.6. The molecule has 3 aliphatic heterocycles. The maximum Gasteiger partial charge on any atom is 0.203 e. The number of aromatic nitrogens is 5. The third-order valence-corrected chi connectivity index (χ3v) is 14.7. The van der Waals surface area contributed by atoms with Gasteiger partial charge in [0, 0.05) is 46.8 Å². The van der Waals surface area contributed by atoms with Crippen LogP contribution in [-0.2, 0) is 11.3 Å². The summed E-state index contributed by atoms with van der Waals surface area (Å²) in [5.41, 5.74) is 15.4. The van der Waals surface area contributed by atoms with Crippen molar-refractivity contribution in [1.82, 2.24) is 34.3 Å². The van der Waals surface area contributed by atoms with E-state index in [2.05, 4.69) is 112 Å². The van der Waals surface area contributed by atoms with Crippen molar-refractivity contribution in [3.63, 3.8) is 0 Å². The van der Waals surface area contributed by atoms with E-state index in [1.807, 2.05) is 56.6 Å². The molecule has 0 bridgehead atoms. The molecule has 7 atom stereocenters. The van der Waals surface area contributed by atoms with E-state index < -0.39 is 18.7 Å². The van der Waals surface area contributed by atoms with Crippen molar-refractivity contribution in [3.8, 4) is 45.3 Å². The normalized spacial score (nSPS) is 20.4. The molecule has 7 aromatic rings. The average Bonchev–Trinajstić information content (AvgIpc) is 4.22. The molecule has 0 saturated carbocycles. The molecular weight excluding hydrogens is 853 g/mol. The molecule has 2 saturated heterocycles. The van der Waals surface area contributed by atoms with Crippen LogP contribution in [0.25, 0.3) is 44.7 Å². The number of H-pyrrole nitrogens is 2. The number of likely N-dealkylation sites (tertiary alicyclic amines) is 2. The van der Waals surface area contributed by atoms with Gasteiger partial charge in [0.05, 0.1) is 60.3 Å². The van der Waals surface area contributed by atoms with Gasteiger partial charge in [0.1, 0.15) is 42.2 Å². The number of hydrogen-bond acceptors (Lipinski definition) is 10. The van der Waals surface area contributed by atoms with Gasteiger partial charge < -0.3 is 44.7 Å². The van der Waals surface area contributed by atoms with Gasteiger partial charge in [-0.1, -0.05) is 89.2 Å². The third kappa shape index (κ3) is 9.11. The van der Waals surface area contributed by atoms with E-state index >= 15 is 0 Å². The van der Waals surface area contributed by atoms with Crippen LogP contribution in [-0.4, -0.2) is 89.3 Å². The number of nitrogens with zero attached hydrogens (tertiary/aromatic N) is 5. The number of imidazole rings is 2. The first kappa shape index (κ1) is 46.0. The second-order valence-electron chi connectivity index (χ2n) is 19.7. The molecule has 4 aromatic carbocycles. The maximum absolute atomic E-state index is 11.3. The number of rotatable bonds is 17. The summed E-state index contributed by atoms with van der Waals surface area (Å²) >= 11 is 0. The summed E-state index contributed by atoms with van der Waals surface area (Å²) in [6.45, 7) is 13.6. The minimum Gasteiger partial charge on any atom is -0.491 e. The number of ether oxygens (including phenoxy) is 3. The number of aliphatic hydroxyl groups excluding tert-OH is 2. The lowest BCUT2D eigenvalue weighted by molar-refractivity contribution is -0.0570. The van der Waals surface area contributed by atoms with Crippen molar-refractivity contribution >= 4 is 10.9 Å². The molecule has 10 rings (SSSR count). The Labute approximate surface area is 399 Å². The van der Waals surface area contributed by atoms with Gasteiger partial charge in [-0.15, -0.1) is 0 Å². The third-order valence-electron chi connectivity index (χ3n) is 14.7. The van der Waals surface area contributed by atoms with E-state index in [4.69, 9.17) is 29.9 Å². The highest BCUT2D eigenvalue weighted by Gasteiger charge is 2.38. The van der Waals surface area contributed by atoms with Gasteiger partial charge in [0.25, 0.3) is 0 Å². The maximum atomic E-state index is 11.3. The fourth-order valence-electron chi connectivity index (χ4n) is 10.3. The van der Waals surface area contributed by atoms with Crippen molar-refractivity contribution in [2.24, 2.45) is 23.5 Å². The standard InChI is InChI=1S/C55H66N8O5/c1-33(2)35(5)53(64)61-22-10-16-46(61)51-57-30-43(59-51)37-19-21-45-40(26-37)28-48-42-20-18-38(44-31-58-52(60-44)47-17-11-23-62(47)54(65)50(56)34(3)4)29-49(42)68-55(63(45)48)39-14-9-15-41(27-39)67-25-24-66-32-36-12-7-6-8-13-36/h6-9,12-15,18-21,26-31,33-35,46-47,50,53-55,64-65H,10-11,16-17,22-25,32,56H2,1-5H3,(H,57,59)(H,58,60). The number of nitrogens with one attached hydrogen (secondary N) is 2. The van der Waals surface area contributed by atoms with Crippen LogP contribution in [0.1, 0.15) is 101 Å². The number of aromatic amines is 2. The highest BCUT2D eigenvalue weighted by molar-refractivity contribution is 5.92. The molecule has 356 valence electrons. The van der Waals surface area contributed by atoms with E-state index in [-0.39, 0.29) is 30.0 Å². The molecule has 0 amide bonds. The molecule has 13 heteroatoms. The monoisotopic (exact) mass is 919 g/mol. The molecule has 13 nitrogen and oxygen atoms in total. The molecule has 0 spiro atoms. The lowest BCUT2D eigenvalue weighted by atomic mass is 9.95. The van der Waals surface area contributed by atoms with E-state index in [9.17, 15) is 10.2 Å². The van der Waals surface area contributed by atoms with Gasteiger partial charge in [0.15, 0.2) is 0 Å². The topological polar surface area (TPSA) is 163 Å². The number of benzene rings is 4. The Kier molecular flexibility index (Phi) is 13.3. The van der Waals surface area contributed by atoms with E-state index in [1.54, 1.807) is 0 Å². The quantitative estimate of drug-likeness (QED) is 0.0556. The van der Waals surface area contributed by atoms with Crippen LogP contribution in [0, 0.1) is 17.8 Å². The first-order valence-electron chi connectivity index (χ1n) is 24.6. The first-order valence-corrected chi connectivity index (χ1v) is 24.6. The van der Waals surface area contributed by atoms with Crippen LogP contribution in [0.15, 0.2) is 109 Å².